The van der Waals surface area contributed by atoms with Crippen LogP contribution in [0.15, 0.2) is 11.3 Å². The van der Waals surface area contributed by atoms with Gasteiger partial charge < -0.3 is 10.7 Å². The van der Waals surface area contributed by atoms with Gasteiger partial charge in [-0.3, -0.25) is 4.31 Å². The molecule has 0 amide bonds. The third-order valence-electron chi connectivity index (χ3n) is 1.79. The summed E-state index contributed by atoms with van der Waals surface area (Å²) in [7, 11) is 0. The Morgan fingerprint density at radius 1 is 1.79 bits per heavy atom. The molecule has 0 aliphatic rings. The second kappa shape index (κ2) is 4.90. The van der Waals surface area contributed by atoms with Crippen molar-refractivity contribution in [3.8, 4) is 0 Å². The van der Waals surface area contributed by atoms with E-state index in [1.165, 1.54) is 0 Å². The van der Waals surface area contributed by atoms with Crippen molar-refractivity contribution in [3.63, 3.8) is 0 Å². The van der Waals surface area contributed by atoms with E-state index in [2.05, 4.69) is 15.0 Å². The lowest BCUT2D eigenvalue weighted by molar-refractivity contribution is 0.707. The lowest BCUT2D eigenvalue weighted by Gasteiger charge is -2.17. The van der Waals surface area contributed by atoms with E-state index in [9.17, 15) is 0 Å². The van der Waals surface area contributed by atoms with Crippen molar-refractivity contribution in [3.05, 3.63) is 12.0 Å². The lowest BCUT2D eigenvalue weighted by Crippen LogP contribution is -2.31. The molecule has 0 bridgehead atoms. The topological polar surface area (TPSA) is 70.3 Å². The largest absolute Gasteiger partial charge is 0.369 e. The maximum absolute atomic E-state index is 5.80. The molecule has 1 aromatic heterocycles. The molecule has 1 heterocycles. The molecule has 0 aromatic carbocycles. The summed E-state index contributed by atoms with van der Waals surface area (Å²) in [5.74, 6) is 1.13. The Kier molecular flexibility index (Phi) is 3.82. The Balaban J connectivity index is 2.82. The highest BCUT2D eigenvalue weighted by Crippen LogP contribution is 2.13. The summed E-state index contributed by atoms with van der Waals surface area (Å²) in [5.41, 5.74) is 6.72. The van der Waals surface area contributed by atoms with Crippen LogP contribution in [0.2, 0.25) is 0 Å². The average Bonchev–Trinajstić information content (AvgIpc) is 2.54. The number of nitrogens with two attached hydrogens (primary N) is 1. The maximum atomic E-state index is 5.80. The molecule has 0 spiro atoms. The number of nitrogens with one attached hydrogen (secondary N) is 1. The Bertz CT molecular complexity index is 315. The normalized spacial score (nSPS) is 11.8. The number of H-pyrrole nitrogens is 1. The predicted octanol–water partition coefficient (Wildman–Crippen LogP) is 1.26. The van der Waals surface area contributed by atoms with Crippen LogP contribution in [-0.2, 0) is 0 Å². The second-order valence-corrected chi connectivity index (χ2v) is 3.50. The highest BCUT2D eigenvalue weighted by Gasteiger charge is 2.05. The van der Waals surface area contributed by atoms with Crippen LogP contribution < -0.4 is 5.73 Å². The van der Waals surface area contributed by atoms with E-state index < -0.39 is 0 Å². The number of imidazole rings is 1. The van der Waals surface area contributed by atoms with Crippen LogP contribution in [0.4, 0.5) is 5.82 Å². The number of hydrogen-bond donors (Lipinski definition) is 2. The van der Waals surface area contributed by atoms with E-state index in [-0.39, 0.29) is 0 Å². The molecule has 0 fully saturated rings. The van der Waals surface area contributed by atoms with Crippen LogP contribution in [0.3, 0.4) is 0 Å². The van der Waals surface area contributed by atoms with Crippen LogP contribution in [-0.4, -0.2) is 33.0 Å². The molecule has 3 N–H and O–H groups in total. The summed E-state index contributed by atoms with van der Waals surface area (Å²) < 4.78 is 1.90. The summed E-state index contributed by atoms with van der Waals surface area (Å²) in [6, 6.07) is 0. The van der Waals surface area contributed by atoms with Crippen molar-refractivity contribution in [1.29, 1.82) is 0 Å². The van der Waals surface area contributed by atoms with E-state index in [1.807, 2.05) is 24.4 Å². The number of aromatic nitrogens is 2. The number of nitrogens with zero attached hydrogens (tertiary/aromatic N) is 3. The number of aryl methyl sites for hydroxylation is 1. The molecule has 0 unspecified atom stereocenters. The molecule has 1 rings (SSSR count). The van der Waals surface area contributed by atoms with Crippen molar-refractivity contribution < 1.29 is 0 Å². The number of guanidine groups is 1. The summed E-state index contributed by atoms with van der Waals surface area (Å²) in [4.78, 5) is 11.2. The molecule has 0 saturated heterocycles. The van der Waals surface area contributed by atoms with E-state index in [4.69, 9.17) is 5.73 Å². The summed E-state index contributed by atoms with van der Waals surface area (Å²) in [6.45, 7) is 4.75. The fourth-order valence-corrected chi connectivity index (χ4v) is 1.50. The SMILES string of the molecule is CCN(SC)C(N)=Nc1nc[nH]c1C. The van der Waals surface area contributed by atoms with Gasteiger partial charge in [-0.1, -0.05) is 11.9 Å². The Labute approximate surface area is 87.9 Å². The average molecular weight is 213 g/mol. The van der Waals surface area contributed by atoms with E-state index in [1.54, 1.807) is 18.3 Å². The first kappa shape index (κ1) is 10.9. The van der Waals surface area contributed by atoms with Crippen molar-refractivity contribution in [2.24, 2.45) is 10.7 Å². The zero-order valence-corrected chi connectivity index (χ0v) is 9.43. The van der Waals surface area contributed by atoms with Gasteiger partial charge in [0.05, 0.1) is 12.0 Å². The number of hydrogen-bond acceptors (Lipinski definition) is 3. The van der Waals surface area contributed by atoms with Gasteiger partial charge in [-0.2, -0.15) is 4.99 Å². The number of aromatic amines is 1. The van der Waals surface area contributed by atoms with Crippen molar-refractivity contribution in [1.82, 2.24) is 14.3 Å². The fraction of sp³-hybridized carbons (Fsp3) is 0.500. The van der Waals surface area contributed by atoms with Crippen LogP contribution in [0.1, 0.15) is 12.6 Å². The molecule has 78 valence electrons. The Morgan fingerprint density at radius 3 is 2.93 bits per heavy atom. The molecular weight excluding hydrogens is 198 g/mol. The first-order valence-electron chi connectivity index (χ1n) is 4.34. The van der Waals surface area contributed by atoms with Gasteiger partial charge in [-0.05, 0) is 13.8 Å². The van der Waals surface area contributed by atoms with E-state index in [0.29, 0.717) is 11.8 Å². The molecular formula is C8H15N5S. The van der Waals surface area contributed by atoms with Crippen molar-refractivity contribution in [2.45, 2.75) is 13.8 Å². The molecule has 5 nitrogen and oxygen atoms in total. The standard InChI is InChI=1S/C8H15N5S/c1-4-13(14-3)8(9)12-7-6(2)10-5-11-7/h5H,4H2,1-3H3,(H2,9,12)(H,10,11). The van der Waals surface area contributed by atoms with Crippen LogP contribution >= 0.6 is 11.9 Å². The molecule has 0 atom stereocenters. The molecule has 1 aromatic rings. The smallest absolute Gasteiger partial charge is 0.208 e. The maximum Gasteiger partial charge on any atom is 0.208 e. The molecule has 0 radical (unpaired) electrons. The third-order valence-corrected chi connectivity index (χ3v) is 2.67. The quantitative estimate of drug-likeness (QED) is 0.450. The second-order valence-electron chi connectivity index (χ2n) is 2.70. The van der Waals surface area contributed by atoms with Gasteiger partial charge in [0.2, 0.25) is 5.96 Å². The van der Waals surface area contributed by atoms with Gasteiger partial charge in [-0.15, -0.1) is 0 Å². The predicted molar refractivity (Wildman–Crippen MR) is 60.5 cm³/mol. The molecule has 0 saturated carbocycles. The number of aliphatic imine (C=N–C) groups is 1. The van der Waals surface area contributed by atoms with Gasteiger partial charge in [-0.25, -0.2) is 4.98 Å². The van der Waals surface area contributed by atoms with Gasteiger partial charge in [0, 0.05) is 12.8 Å². The van der Waals surface area contributed by atoms with Crippen LogP contribution in [0.5, 0.6) is 0 Å². The fourth-order valence-electron chi connectivity index (χ4n) is 1.01. The summed E-state index contributed by atoms with van der Waals surface area (Å²) in [6.07, 6.45) is 3.57. The van der Waals surface area contributed by atoms with Gasteiger partial charge in [0.15, 0.2) is 5.82 Å². The van der Waals surface area contributed by atoms with Crippen LogP contribution in [0, 0.1) is 6.92 Å². The van der Waals surface area contributed by atoms with Crippen molar-refractivity contribution in [2.75, 3.05) is 12.8 Å². The third kappa shape index (κ3) is 2.41. The Hall–Kier alpha value is -1.17. The minimum Gasteiger partial charge on any atom is -0.369 e. The van der Waals surface area contributed by atoms with E-state index >= 15 is 0 Å². The summed E-state index contributed by atoms with van der Waals surface area (Å²) >= 11 is 1.55. The molecule has 0 aliphatic carbocycles. The minimum absolute atomic E-state index is 0.482. The van der Waals surface area contributed by atoms with Gasteiger partial charge in [0.25, 0.3) is 0 Å². The van der Waals surface area contributed by atoms with Gasteiger partial charge >= 0.3 is 0 Å². The number of rotatable bonds is 3. The Morgan fingerprint density at radius 2 is 2.50 bits per heavy atom. The minimum atomic E-state index is 0.482. The highest BCUT2D eigenvalue weighted by molar-refractivity contribution is 7.96. The summed E-state index contributed by atoms with van der Waals surface area (Å²) in [5, 5.41) is 0. The van der Waals surface area contributed by atoms with E-state index in [0.717, 1.165) is 12.2 Å². The van der Waals surface area contributed by atoms with Crippen molar-refractivity contribution >= 4 is 23.7 Å². The van der Waals surface area contributed by atoms with Crippen LogP contribution in [0.25, 0.3) is 0 Å². The highest BCUT2D eigenvalue weighted by atomic mass is 32.2. The lowest BCUT2D eigenvalue weighted by atomic mass is 10.5. The monoisotopic (exact) mass is 213 g/mol. The zero-order chi connectivity index (χ0) is 10.6. The first-order valence-corrected chi connectivity index (χ1v) is 5.53. The molecule has 14 heavy (non-hydrogen) atoms. The molecule has 6 heteroatoms. The van der Waals surface area contributed by atoms with Gasteiger partial charge in [0.1, 0.15) is 0 Å². The zero-order valence-electron chi connectivity index (χ0n) is 8.61. The molecule has 0 aliphatic heterocycles. The first-order chi connectivity index (χ1) is 6.69.